The van der Waals surface area contributed by atoms with Gasteiger partial charge < -0.3 is 10.2 Å². The first-order valence-electron chi connectivity index (χ1n) is 4.56. The summed E-state index contributed by atoms with van der Waals surface area (Å²) in [5.41, 5.74) is 0. The molecule has 86 valence electrons. The van der Waals surface area contributed by atoms with Crippen LogP contribution in [0.4, 0.5) is 0 Å². The van der Waals surface area contributed by atoms with Gasteiger partial charge in [-0.15, -0.1) is 0 Å². The van der Waals surface area contributed by atoms with Gasteiger partial charge in [0.2, 0.25) is 0 Å². The van der Waals surface area contributed by atoms with Crippen LogP contribution in [-0.2, 0) is 30.0 Å². The zero-order chi connectivity index (χ0) is 10.1. The van der Waals surface area contributed by atoms with E-state index in [1.807, 2.05) is 0 Å². The van der Waals surface area contributed by atoms with Crippen LogP contribution < -0.4 is 0 Å². The molecule has 4 nitrogen and oxygen atoms in total. The Morgan fingerprint density at radius 1 is 0.714 bits per heavy atom. The molecule has 0 unspecified atom stereocenters. The van der Waals surface area contributed by atoms with Gasteiger partial charge in [-0.2, -0.15) is 0 Å². The first kappa shape index (κ1) is 16.0. The Kier molecular flexibility index (Phi) is 12.2. The largest absolute Gasteiger partial charge is 0.481 e. The molecule has 0 saturated heterocycles. The molecule has 0 amide bonds. The second-order valence-electron chi connectivity index (χ2n) is 3.06. The second kappa shape index (κ2) is 10.7. The average Bonchev–Trinajstić information content (AvgIpc) is 2.01. The van der Waals surface area contributed by atoms with E-state index in [-0.39, 0.29) is 33.3 Å². The first-order valence-corrected chi connectivity index (χ1v) is 4.56. The van der Waals surface area contributed by atoms with Gasteiger partial charge in [-0.3, -0.25) is 9.59 Å². The Hall–Kier alpha value is -0.398. The molecule has 0 aliphatic carbocycles. The summed E-state index contributed by atoms with van der Waals surface area (Å²) in [7, 11) is 0. The first-order chi connectivity index (χ1) is 6.13. The molecule has 2 N–H and O–H groups in total. The van der Waals surface area contributed by atoms with Crippen molar-refractivity contribution in [2.75, 3.05) is 0 Å². The maximum Gasteiger partial charge on any atom is 0.303 e. The Balaban J connectivity index is 0. The van der Waals surface area contributed by atoms with Crippen molar-refractivity contribution >= 4 is 11.9 Å². The quantitative estimate of drug-likeness (QED) is 0.529. The van der Waals surface area contributed by atoms with Gasteiger partial charge in [0.15, 0.2) is 0 Å². The normalized spacial score (nSPS) is 9.14. The molecule has 5 heteroatoms. The third-order valence-corrected chi connectivity index (χ3v) is 1.78. The van der Waals surface area contributed by atoms with Crippen molar-refractivity contribution in [3.8, 4) is 0 Å². The molecule has 0 rings (SSSR count). The summed E-state index contributed by atoms with van der Waals surface area (Å²) in [6.07, 6.45) is 4.53. The molecule has 0 aromatic carbocycles. The zero-order valence-electron chi connectivity index (χ0n) is 7.98. The van der Waals surface area contributed by atoms with Crippen molar-refractivity contribution in [2.45, 2.75) is 44.9 Å². The van der Waals surface area contributed by atoms with Gasteiger partial charge in [-0.25, -0.2) is 0 Å². The van der Waals surface area contributed by atoms with E-state index in [2.05, 4.69) is 0 Å². The minimum Gasteiger partial charge on any atom is -0.481 e. The number of unbranched alkanes of at least 4 members (excludes halogenated alkanes) is 4. The maximum atomic E-state index is 10.1. The third-order valence-electron chi connectivity index (χ3n) is 1.78. The van der Waals surface area contributed by atoms with Crippen LogP contribution in [0.1, 0.15) is 44.9 Å². The predicted molar refractivity (Wildman–Crippen MR) is 47.6 cm³/mol. The van der Waals surface area contributed by atoms with Crippen molar-refractivity contribution in [2.24, 2.45) is 0 Å². The molecule has 0 aromatic rings. The number of aliphatic carboxylic acids is 2. The van der Waals surface area contributed by atoms with Crippen LogP contribution in [0.2, 0.25) is 0 Å². The summed E-state index contributed by atoms with van der Waals surface area (Å²) in [5.74, 6) is -1.52. The molecule has 0 aliphatic heterocycles. The molecular weight excluding hydrogens is 279 g/mol. The van der Waals surface area contributed by atoms with Crippen molar-refractivity contribution in [1.29, 1.82) is 0 Å². The number of carboxylic acids is 2. The Morgan fingerprint density at radius 2 is 1.00 bits per heavy atom. The monoisotopic (exact) mass is 294 g/mol. The number of carboxylic acid groups (broad SMARTS) is 2. The fourth-order valence-electron chi connectivity index (χ4n) is 1.08. The summed E-state index contributed by atoms with van der Waals surface area (Å²) >= 11 is 0. The number of hydrogen-bond donors (Lipinski definition) is 2. The average molecular weight is 295 g/mol. The van der Waals surface area contributed by atoms with Crippen LogP contribution in [0, 0.1) is 0 Å². The van der Waals surface area contributed by atoms with E-state index in [1.165, 1.54) is 0 Å². The van der Waals surface area contributed by atoms with Crippen molar-refractivity contribution in [3.63, 3.8) is 0 Å². The fourth-order valence-corrected chi connectivity index (χ4v) is 1.08. The third kappa shape index (κ3) is 14.1. The van der Waals surface area contributed by atoms with Gasteiger partial charge >= 0.3 is 11.9 Å². The minimum absolute atomic E-state index is 0. The summed E-state index contributed by atoms with van der Waals surface area (Å²) < 4.78 is 0. The van der Waals surface area contributed by atoms with Crippen LogP contribution in [0.15, 0.2) is 0 Å². The Labute approximate surface area is 97.3 Å². The molecule has 0 fully saturated rings. The van der Waals surface area contributed by atoms with Crippen molar-refractivity contribution < 1.29 is 40.2 Å². The van der Waals surface area contributed by atoms with Crippen molar-refractivity contribution in [1.82, 2.24) is 0 Å². The zero-order valence-corrected chi connectivity index (χ0v) is 9.53. The molecule has 0 spiro atoms. The molecule has 0 heterocycles. The van der Waals surface area contributed by atoms with Gasteiger partial charge in [0.1, 0.15) is 0 Å². The molecular formula is C9H16O4Pd. The standard InChI is InChI=1S/C9H16O4.Pd/c10-8(11)6-4-2-1-3-5-7-9(12)13;/h1-7H2,(H,10,11)(H,12,13);. The minimum atomic E-state index is -0.759. The topological polar surface area (TPSA) is 74.6 Å². The summed E-state index contributed by atoms with van der Waals surface area (Å²) in [5, 5.41) is 16.6. The Bertz CT molecular complexity index is 152. The SMILES string of the molecule is O=C(O)CCCCCCCC(=O)O.[Pd]. The van der Waals surface area contributed by atoms with E-state index in [4.69, 9.17) is 10.2 Å². The van der Waals surface area contributed by atoms with E-state index in [1.54, 1.807) is 0 Å². The Morgan fingerprint density at radius 3 is 1.29 bits per heavy atom. The van der Waals surface area contributed by atoms with Crippen LogP contribution >= 0.6 is 0 Å². The molecule has 0 bridgehead atoms. The molecule has 0 aliphatic rings. The van der Waals surface area contributed by atoms with Crippen molar-refractivity contribution in [3.05, 3.63) is 0 Å². The van der Waals surface area contributed by atoms with Gasteiger partial charge in [-0.1, -0.05) is 19.3 Å². The van der Waals surface area contributed by atoms with Gasteiger partial charge in [-0.05, 0) is 12.8 Å². The molecule has 14 heavy (non-hydrogen) atoms. The smallest absolute Gasteiger partial charge is 0.303 e. The van der Waals surface area contributed by atoms with Crippen LogP contribution in [0.25, 0.3) is 0 Å². The van der Waals surface area contributed by atoms with Gasteiger partial charge in [0.25, 0.3) is 0 Å². The van der Waals surface area contributed by atoms with Crippen LogP contribution in [0.3, 0.4) is 0 Å². The number of hydrogen-bond acceptors (Lipinski definition) is 2. The van der Waals surface area contributed by atoms with Gasteiger partial charge in [0, 0.05) is 33.3 Å². The van der Waals surface area contributed by atoms with Gasteiger partial charge in [0.05, 0.1) is 0 Å². The van der Waals surface area contributed by atoms with E-state index in [9.17, 15) is 9.59 Å². The van der Waals surface area contributed by atoms with E-state index < -0.39 is 11.9 Å². The fraction of sp³-hybridized carbons (Fsp3) is 0.778. The molecule has 0 saturated carbocycles. The van der Waals surface area contributed by atoms with E-state index in [0.29, 0.717) is 12.8 Å². The van der Waals surface area contributed by atoms with E-state index in [0.717, 1.165) is 19.3 Å². The second-order valence-corrected chi connectivity index (χ2v) is 3.06. The molecule has 0 aromatic heterocycles. The molecule has 0 atom stereocenters. The van der Waals surface area contributed by atoms with Crippen LogP contribution in [0.5, 0.6) is 0 Å². The number of carbonyl (C=O) groups is 2. The summed E-state index contributed by atoms with van der Waals surface area (Å²) in [6, 6.07) is 0. The van der Waals surface area contributed by atoms with E-state index >= 15 is 0 Å². The molecule has 0 radical (unpaired) electrons. The maximum absolute atomic E-state index is 10.1. The number of rotatable bonds is 8. The predicted octanol–water partition coefficient (Wildman–Crippen LogP) is 1.88. The van der Waals surface area contributed by atoms with Crippen LogP contribution in [-0.4, -0.2) is 22.2 Å². The summed E-state index contributed by atoms with van der Waals surface area (Å²) in [6.45, 7) is 0. The summed E-state index contributed by atoms with van der Waals surface area (Å²) in [4.78, 5) is 20.2.